The van der Waals surface area contributed by atoms with Crippen LogP contribution in [0.15, 0.2) is 42.7 Å². The zero-order chi connectivity index (χ0) is 43.5. The number of pyridine rings is 1. The van der Waals surface area contributed by atoms with Gasteiger partial charge in [0.1, 0.15) is 29.5 Å². The molecule has 3 aromatic rings. The number of amides is 7. The third-order valence-corrected chi connectivity index (χ3v) is 10.7. The highest BCUT2D eigenvalue weighted by molar-refractivity contribution is 6.07. The molecule has 0 unspecified atom stereocenters. The molecule has 0 spiro atoms. The van der Waals surface area contributed by atoms with Crippen LogP contribution in [0.2, 0.25) is 0 Å². The van der Waals surface area contributed by atoms with Gasteiger partial charge in [-0.05, 0) is 82.2 Å². The number of carbonyl (C=O) groups is 6. The topological polar surface area (TPSA) is 202 Å². The number of anilines is 4. The van der Waals surface area contributed by atoms with Gasteiger partial charge in [-0.3, -0.25) is 38.8 Å². The predicted molar refractivity (Wildman–Crippen MR) is 224 cm³/mol. The molecular weight excluding hydrogens is 755 g/mol. The van der Waals surface area contributed by atoms with E-state index in [1.807, 2.05) is 53.7 Å². The fourth-order valence-electron chi connectivity index (χ4n) is 7.05. The Morgan fingerprint density at radius 1 is 0.915 bits per heavy atom. The molecule has 3 atom stereocenters. The van der Waals surface area contributed by atoms with Gasteiger partial charge in [-0.2, -0.15) is 4.98 Å². The van der Waals surface area contributed by atoms with E-state index in [-0.39, 0.29) is 35.9 Å². The van der Waals surface area contributed by atoms with E-state index in [4.69, 9.17) is 0 Å². The van der Waals surface area contributed by atoms with Crippen molar-refractivity contribution in [3.8, 4) is 0 Å². The van der Waals surface area contributed by atoms with E-state index >= 15 is 0 Å². The Morgan fingerprint density at radius 2 is 1.61 bits per heavy atom. The summed E-state index contributed by atoms with van der Waals surface area (Å²) in [6, 6.07) is 5.75. The van der Waals surface area contributed by atoms with Crippen LogP contribution in [0.1, 0.15) is 81.6 Å². The van der Waals surface area contributed by atoms with Gasteiger partial charge in [-0.15, -0.1) is 0 Å². The van der Waals surface area contributed by atoms with Gasteiger partial charge in [-0.25, -0.2) is 9.78 Å². The van der Waals surface area contributed by atoms with Crippen LogP contribution in [0.5, 0.6) is 0 Å². The van der Waals surface area contributed by atoms with Crippen LogP contribution in [0.3, 0.4) is 0 Å². The van der Waals surface area contributed by atoms with Gasteiger partial charge in [0.2, 0.25) is 29.6 Å². The molecule has 17 nitrogen and oxygen atoms in total. The summed E-state index contributed by atoms with van der Waals surface area (Å²) in [6.07, 6.45) is 4.26. The zero-order valence-corrected chi connectivity index (χ0v) is 35.8. The highest BCUT2D eigenvalue weighted by atomic mass is 16.2. The molecule has 59 heavy (non-hydrogen) atoms. The quantitative estimate of drug-likeness (QED) is 0.197. The number of likely N-dealkylation sites (N-methyl/N-ethyl adjacent to an activating group) is 1. The number of carbonyl (C=O) groups excluding carboxylic acids is 6. The summed E-state index contributed by atoms with van der Waals surface area (Å²) in [7, 11) is 4.85. The number of hydrogen-bond acceptors (Lipinski definition) is 10. The Kier molecular flexibility index (Phi) is 13.3. The summed E-state index contributed by atoms with van der Waals surface area (Å²) in [5, 5.41) is 11.6. The first-order valence-corrected chi connectivity index (χ1v) is 19.9. The van der Waals surface area contributed by atoms with Gasteiger partial charge in [0.15, 0.2) is 0 Å². The van der Waals surface area contributed by atoms with E-state index in [0.717, 1.165) is 11.3 Å². The van der Waals surface area contributed by atoms with E-state index < -0.39 is 47.3 Å². The minimum atomic E-state index is -1.40. The Balaban J connectivity index is 1.28. The van der Waals surface area contributed by atoms with Crippen molar-refractivity contribution in [3.63, 3.8) is 0 Å². The molecule has 2 aliphatic heterocycles. The number of nitrogens with one attached hydrogen (secondary N) is 4. The van der Waals surface area contributed by atoms with Crippen molar-refractivity contribution >= 4 is 58.7 Å². The number of hydrogen-bond donors (Lipinski definition) is 4. The number of rotatable bonds is 13. The maximum atomic E-state index is 14.2. The minimum Gasteiger partial charge on any atom is -0.347 e. The monoisotopic (exact) mass is 811 g/mol. The second-order valence-corrected chi connectivity index (χ2v) is 16.7. The van der Waals surface area contributed by atoms with Crippen molar-refractivity contribution in [3.05, 3.63) is 65.1 Å². The molecule has 17 heteroatoms. The van der Waals surface area contributed by atoms with E-state index in [9.17, 15) is 28.8 Å². The molecule has 4 N–H and O–H groups in total. The summed E-state index contributed by atoms with van der Waals surface area (Å²) in [4.78, 5) is 101. The smallest absolute Gasteiger partial charge is 0.330 e. The molecule has 1 fully saturated rings. The van der Waals surface area contributed by atoms with Gasteiger partial charge >= 0.3 is 6.03 Å². The molecule has 1 aromatic carbocycles. The van der Waals surface area contributed by atoms with E-state index in [2.05, 4.69) is 36.2 Å². The maximum absolute atomic E-state index is 14.2. The minimum absolute atomic E-state index is 0.160. The van der Waals surface area contributed by atoms with Gasteiger partial charge in [0.05, 0.1) is 18.4 Å². The van der Waals surface area contributed by atoms with Crippen LogP contribution in [-0.4, -0.2) is 112 Å². The van der Waals surface area contributed by atoms with Crippen LogP contribution in [-0.2, 0) is 25.7 Å². The lowest BCUT2D eigenvalue weighted by Gasteiger charge is -2.35. The number of likely N-dealkylation sites (tertiary alicyclic amines) is 1. The third kappa shape index (κ3) is 9.78. The standard InChI is InChI=1S/C42H57N11O6/c1-23(2)32(37(56)50(9)10)47-39(58)42(7,8)49-36(55)30-13-12-18-52(30)38(57)33(24(3)4)46-35(54)27-16-14-25(5)31(19-27)53-22-28-20-44-40(48-34(28)51(11)41(53)59)45-29-17-15-26(6)43-21-29/h14-17,19-21,23-24,30,32-33H,12-13,18,22H2,1-11H3,(H,46,54)(H,47,58)(H,49,55)(H,44,45,48)/t30-,32+,33+/m1/s1. The zero-order valence-electron chi connectivity index (χ0n) is 35.8. The fourth-order valence-corrected chi connectivity index (χ4v) is 7.05. The first-order valence-electron chi connectivity index (χ1n) is 19.9. The molecule has 0 radical (unpaired) electrons. The lowest BCUT2D eigenvalue weighted by Crippen LogP contribution is -2.62. The Labute approximate surface area is 345 Å². The van der Waals surface area contributed by atoms with Crippen molar-refractivity contribution in [1.29, 1.82) is 0 Å². The predicted octanol–water partition coefficient (Wildman–Crippen LogP) is 3.68. The van der Waals surface area contributed by atoms with E-state index in [1.165, 1.54) is 14.7 Å². The molecular formula is C42H57N11O6. The highest BCUT2D eigenvalue weighted by Gasteiger charge is 2.42. The molecule has 2 aromatic heterocycles. The highest BCUT2D eigenvalue weighted by Crippen LogP contribution is 2.33. The normalized spacial score (nSPS) is 16.4. The van der Waals surface area contributed by atoms with Gasteiger partial charge in [0, 0.05) is 56.4 Å². The molecule has 1 saturated heterocycles. The second-order valence-electron chi connectivity index (χ2n) is 16.7. The number of fused-ring (bicyclic) bond motifs is 1. The fraction of sp³-hybridized carbons (Fsp3) is 0.500. The lowest BCUT2D eigenvalue weighted by molar-refractivity contribution is -0.143. The number of nitrogens with zero attached hydrogens (tertiary/aromatic N) is 7. The molecule has 0 saturated carbocycles. The first-order chi connectivity index (χ1) is 27.7. The first kappa shape index (κ1) is 44.0. The average molecular weight is 812 g/mol. The summed E-state index contributed by atoms with van der Waals surface area (Å²) < 4.78 is 0. The van der Waals surface area contributed by atoms with Crippen LogP contribution < -0.4 is 31.1 Å². The van der Waals surface area contributed by atoms with Crippen molar-refractivity contribution in [2.75, 3.05) is 42.8 Å². The van der Waals surface area contributed by atoms with E-state index in [0.29, 0.717) is 48.1 Å². The third-order valence-electron chi connectivity index (χ3n) is 10.7. The molecule has 0 aliphatic carbocycles. The van der Waals surface area contributed by atoms with Gasteiger partial charge < -0.3 is 31.1 Å². The molecule has 7 amide bonds. The summed E-state index contributed by atoms with van der Waals surface area (Å²) in [6.45, 7) is 14.5. The molecule has 2 aliphatic rings. The maximum Gasteiger partial charge on any atom is 0.330 e. The van der Waals surface area contributed by atoms with Crippen LogP contribution in [0.25, 0.3) is 0 Å². The number of aryl methyl sites for hydroxylation is 2. The summed E-state index contributed by atoms with van der Waals surface area (Å²) >= 11 is 0. The SMILES string of the molecule is Cc1ccc(Nc2ncc3c(n2)N(C)C(=O)N(c2cc(C(=O)N[C@H](C(=O)N4CCC[C@@H]4C(=O)NC(C)(C)C(=O)N[C@H](C(=O)N(C)C)C(C)C)C(C)C)ccc2C)C3)cn1. The van der Waals surface area contributed by atoms with Crippen LogP contribution in [0, 0.1) is 25.7 Å². The number of urea groups is 1. The van der Waals surface area contributed by atoms with Crippen molar-refractivity contribution in [2.24, 2.45) is 11.8 Å². The van der Waals surface area contributed by atoms with Crippen LogP contribution >= 0.6 is 0 Å². The molecule has 4 heterocycles. The lowest BCUT2D eigenvalue weighted by atomic mass is 9.98. The molecule has 5 rings (SSSR count). The molecule has 0 bridgehead atoms. The number of benzene rings is 1. The Hall–Kier alpha value is -6.13. The average Bonchev–Trinajstić information content (AvgIpc) is 3.68. The summed E-state index contributed by atoms with van der Waals surface area (Å²) in [5.41, 5.74) is 2.38. The molecule has 316 valence electrons. The Bertz CT molecular complexity index is 2100. The van der Waals surface area contributed by atoms with Crippen molar-refractivity contribution in [1.82, 2.24) is 40.7 Å². The van der Waals surface area contributed by atoms with Crippen molar-refractivity contribution < 1.29 is 28.8 Å². The Morgan fingerprint density at radius 3 is 2.24 bits per heavy atom. The van der Waals surface area contributed by atoms with E-state index in [1.54, 1.807) is 70.5 Å². The van der Waals surface area contributed by atoms with Crippen molar-refractivity contribution in [2.45, 2.75) is 98.4 Å². The van der Waals surface area contributed by atoms with Crippen LogP contribution in [0.4, 0.5) is 27.9 Å². The van der Waals surface area contributed by atoms with Gasteiger partial charge in [0.25, 0.3) is 5.91 Å². The largest absolute Gasteiger partial charge is 0.347 e. The number of aromatic nitrogens is 3. The van der Waals surface area contributed by atoms with Gasteiger partial charge in [-0.1, -0.05) is 33.8 Å². The second kappa shape index (κ2) is 17.8. The summed E-state index contributed by atoms with van der Waals surface area (Å²) in [5.74, 6) is -2.03.